The molecule has 0 spiro atoms. The van der Waals surface area contributed by atoms with E-state index in [1.54, 1.807) is 7.11 Å². The van der Waals surface area contributed by atoms with Crippen LogP contribution in [0.15, 0.2) is 18.2 Å². The van der Waals surface area contributed by atoms with Crippen molar-refractivity contribution in [2.45, 2.75) is 63.7 Å². The highest BCUT2D eigenvalue weighted by atomic mass is 16.5. The lowest BCUT2D eigenvalue weighted by atomic mass is 9.83. The molecule has 1 aliphatic carbocycles. The number of rotatable bonds is 8. The van der Waals surface area contributed by atoms with E-state index in [9.17, 15) is 9.59 Å². The predicted molar refractivity (Wildman–Crippen MR) is 89.3 cm³/mol. The van der Waals surface area contributed by atoms with Gasteiger partial charge in [-0.3, -0.25) is 9.59 Å². The average molecular weight is 318 g/mol. The Morgan fingerprint density at radius 2 is 1.83 bits per heavy atom. The van der Waals surface area contributed by atoms with Crippen molar-refractivity contribution < 1.29 is 19.4 Å². The van der Waals surface area contributed by atoms with Crippen LogP contribution >= 0.6 is 0 Å². The van der Waals surface area contributed by atoms with Gasteiger partial charge in [0, 0.05) is 18.4 Å². The number of carboxylic acid groups (broad SMARTS) is 1. The third-order valence-corrected chi connectivity index (χ3v) is 4.64. The second-order valence-corrected chi connectivity index (χ2v) is 6.32. The van der Waals surface area contributed by atoms with E-state index >= 15 is 0 Å². The monoisotopic (exact) mass is 318 g/mol. The summed E-state index contributed by atoms with van der Waals surface area (Å²) in [4.78, 5) is 22.8. The number of carboxylic acids is 1. The molecule has 0 unspecified atom stereocenters. The van der Waals surface area contributed by atoms with Crippen LogP contribution in [-0.4, -0.2) is 24.0 Å². The molecule has 1 saturated carbocycles. The summed E-state index contributed by atoms with van der Waals surface area (Å²) in [6, 6.07) is 5.72. The van der Waals surface area contributed by atoms with Gasteiger partial charge in [-0.05, 0) is 55.4 Å². The first-order chi connectivity index (χ1) is 11.1. The Hall–Kier alpha value is -1.84. The standard InChI is InChI=1S/C19H26O4/c1-23-18-12-11-15(17(20)9-5-6-10-19(21)22)13-16(18)14-7-3-2-4-8-14/h11-14H,2-10H2,1H3,(H,21,22). The number of ketones is 1. The smallest absolute Gasteiger partial charge is 0.303 e. The number of ether oxygens (including phenoxy) is 1. The maximum atomic E-state index is 12.3. The van der Waals surface area contributed by atoms with Crippen molar-refractivity contribution in [3.63, 3.8) is 0 Å². The van der Waals surface area contributed by atoms with Crippen LogP contribution in [0.2, 0.25) is 0 Å². The first-order valence-electron chi connectivity index (χ1n) is 8.54. The summed E-state index contributed by atoms with van der Waals surface area (Å²) in [5, 5.41) is 8.64. The summed E-state index contributed by atoms with van der Waals surface area (Å²) in [7, 11) is 1.68. The van der Waals surface area contributed by atoms with Crippen LogP contribution in [0.1, 0.15) is 79.6 Å². The van der Waals surface area contributed by atoms with Crippen LogP contribution < -0.4 is 4.74 Å². The van der Waals surface area contributed by atoms with E-state index in [2.05, 4.69) is 0 Å². The first-order valence-corrected chi connectivity index (χ1v) is 8.54. The summed E-state index contributed by atoms with van der Waals surface area (Å²) in [6.45, 7) is 0. The molecule has 4 heteroatoms. The Morgan fingerprint density at radius 1 is 1.13 bits per heavy atom. The van der Waals surface area contributed by atoms with Gasteiger partial charge in [-0.2, -0.15) is 0 Å². The fourth-order valence-electron chi connectivity index (χ4n) is 3.35. The number of benzene rings is 1. The van der Waals surface area contributed by atoms with E-state index in [1.165, 1.54) is 19.3 Å². The van der Waals surface area contributed by atoms with Gasteiger partial charge in [0.15, 0.2) is 5.78 Å². The third kappa shape index (κ3) is 5.08. The maximum Gasteiger partial charge on any atom is 0.303 e. The molecule has 0 amide bonds. The zero-order chi connectivity index (χ0) is 16.7. The number of unbranched alkanes of at least 4 members (excludes halogenated alkanes) is 1. The summed E-state index contributed by atoms with van der Waals surface area (Å²) in [5.74, 6) is 0.648. The van der Waals surface area contributed by atoms with Crippen molar-refractivity contribution in [3.8, 4) is 5.75 Å². The van der Waals surface area contributed by atoms with E-state index in [4.69, 9.17) is 9.84 Å². The number of methoxy groups -OCH3 is 1. The molecule has 4 nitrogen and oxygen atoms in total. The Labute approximate surface area is 137 Å². The lowest BCUT2D eigenvalue weighted by Crippen LogP contribution is -2.08. The zero-order valence-corrected chi connectivity index (χ0v) is 13.8. The molecule has 0 aliphatic heterocycles. The molecule has 1 fully saturated rings. The molecule has 0 atom stereocenters. The highest BCUT2D eigenvalue weighted by Gasteiger charge is 2.20. The van der Waals surface area contributed by atoms with Gasteiger partial charge in [0.1, 0.15) is 5.75 Å². The van der Waals surface area contributed by atoms with Crippen LogP contribution in [-0.2, 0) is 4.79 Å². The molecular weight excluding hydrogens is 292 g/mol. The molecule has 2 rings (SSSR count). The topological polar surface area (TPSA) is 63.6 Å². The number of carbonyl (C=O) groups is 2. The molecule has 1 aromatic carbocycles. The zero-order valence-electron chi connectivity index (χ0n) is 13.8. The predicted octanol–water partition coefficient (Wildman–Crippen LogP) is 4.57. The fourth-order valence-corrected chi connectivity index (χ4v) is 3.35. The molecule has 0 bridgehead atoms. The van der Waals surface area contributed by atoms with Gasteiger partial charge < -0.3 is 9.84 Å². The molecule has 0 saturated heterocycles. The van der Waals surface area contributed by atoms with E-state index < -0.39 is 5.97 Å². The summed E-state index contributed by atoms with van der Waals surface area (Å²) >= 11 is 0. The first kappa shape index (κ1) is 17.5. The highest BCUT2D eigenvalue weighted by Crippen LogP contribution is 2.38. The maximum absolute atomic E-state index is 12.3. The summed E-state index contributed by atoms with van der Waals surface area (Å²) in [5.41, 5.74) is 1.88. The molecule has 23 heavy (non-hydrogen) atoms. The highest BCUT2D eigenvalue weighted by molar-refractivity contribution is 5.96. The largest absolute Gasteiger partial charge is 0.496 e. The second-order valence-electron chi connectivity index (χ2n) is 6.32. The van der Waals surface area contributed by atoms with Gasteiger partial charge in [0.2, 0.25) is 0 Å². The molecule has 1 N–H and O–H groups in total. The number of hydrogen-bond acceptors (Lipinski definition) is 3. The number of carbonyl (C=O) groups excluding carboxylic acids is 1. The molecule has 126 valence electrons. The minimum Gasteiger partial charge on any atom is -0.496 e. The van der Waals surface area contributed by atoms with Gasteiger partial charge in [-0.25, -0.2) is 0 Å². The SMILES string of the molecule is COc1ccc(C(=O)CCCCC(=O)O)cc1C1CCCCC1. The van der Waals surface area contributed by atoms with E-state index in [0.29, 0.717) is 25.2 Å². The van der Waals surface area contributed by atoms with Crippen molar-refractivity contribution >= 4 is 11.8 Å². The van der Waals surface area contributed by atoms with Gasteiger partial charge in [0.25, 0.3) is 0 Å². The summed E-state index contributed by atoms with van der Waals surface area (Å²) < 4.78 is 5.48. The Morgan fingerprint density at radius 3 is 2.48 bits per heavy atom. The lowest BCUT2D eigenvalue weighted by Gasteiger charge is -2.24. The average Bonchev–Trinajstić information content (AvgIpc) is 2.58. The number of aliphatic carboxylic acids is 1. The van der Waals surface area contributed by atoms with Gasteiger partial charge in [-0.1, -0.05) is 19.3 Å². The van der Waals surface area contributed by atoms with Crippen LogP contribution in [0.3, 0.4) is 0 Å². The van der Waals surface area contributed by atoms with Crippen LogP contribution in [0.5, 0.6) is 5.75 Å². The lowest BCUT2D eigenvalue weighted by molar-refractivity contribution is -0.137. The molecule has 1 aliphatic rings. The Balaban J connectivity index is 2.04. The Bertz CT molecular complexity index is 544. The quantitative estimate of drug-likeness (QED) is 0.563. The molecule has 1 aromatic rings. The molecule has 0 aromatic heterocycles. The van der Waals surface area contributed by atoms with Crippen molar-refractivity contribution in [1.82, 2.24) is 0 Å². The van der Waals surface area contributed by atoms with Crippen LogP contribution in [0.4, 0.5) is 0 Å². The van der Waals surface area contributed by atoms with Crippen molar-refractivity contribution in [2.75, 3.05) is 7.11 Å². The number of hydrogen-bond donors (Lipinski definition) is 1. The van der Waals surface area contributed by atoms with E-state index in [1.807, 2.05) is 18.2 Å². The fraction of sp³-hybridized carbons (Fsp3) is 0.579. The molecule has 0 heterocycles. The summed E-state index contributed by atoms with van der Waals surface area (Å²) in [6.07, 6.45) is 7.79. The Kier molecular flexibility index (Phi) is 6.63. The molecule has 0 radical (unpaired) electrons. The van der Waals surface area contributed by atoms with Gasteiger partial charge in [0.05, 0.1) is 7.11 Å². The van der Waals surface area contributed by atoms with E-state index in [-0.39, 0.29) is 12.2 Å². The normalized spacial score (nSPS) is 15.3. The minimum atomic E-state index is -0.804. The van der Waals surface area contributed by atoms with E-state index in [0.717, 1.165) is 29.7 Å². The van der Waals surface area contributed by atoms with Crippen molar-refractivity contribution in [2.24, 2.45) is 0 Å². The van der Waals surface area contributed by atoms with Crippen molar-refractivity contribution in [3.05, 3.63) is 29.3 Å². The van der Waals surface area contributed by atoms with Gasteiger partial charge >= 0.3 is 5.97 Å². The second kappa shape index (κ2) is 8.70. The van der Waals surface area contributed by atoms with Crippen LogP contribution in [0, 0.1) is 0 Å². The number of Topliss-reactive ketones (excluding diaryl/α,β-unsaturated/α-hetero) is 1. The van der Waals surface area contributed by atoms with Gasteiger partial charge in [-0.15, -0.1) is 0 Å². The molecular formula is C19H26O4. The minimum absolute atomic E-state index is 0.0927. The van der Waals surface area contributed by atoms with Crippen LogP contribution in [0.25, 0.3) is 0 Å². The van der Waals surface area contributed by atoms with Crippen molar-refractivity contribution in [1.29, 1.82) is 0 Å². The third-order valence-electron chi connectivity index (χ3n) is 4.64.